The van der Waals surface area contributed by atoms with Gasteiger partial charge in [-0.2, -0.15) is 0 Å². The molecule has 5 fully saturated rings. The molecule has 0 aromatic rings. The number of allylic oxidation sites excluding steroid dienone is 2. The Morgan fingerprint density at radius 2 is 0.692 bits per heavy atom. The average Bonchev–Trinajstić information content (AvgIpc) is 3.32. The van der Waals surface area contributed by atoms with Gasteiger partial charge in [0.1, 0.15) is 24.4 Å². The average molecular weight is 932 g/mol. The highest BCUT2D eigenvalue weighted by atomic mass is 35.5. The summed E-state index contributed by atoms with van der Waals surface area (Å²) in [5.41, 5.74) is 0. The number of carbonyl (C=O) groups excluding carboxylic acids is 4. The summed E-state index contributed by atoms with van der Waals surface area (Å²) in [6, 6.07) is 0. The lowest BCUT2D eigenvalue weighted by Crippen LogP contribution is -2.41. The zero-order valence-electron chi connectivity index (χ0n) is 40.1. The third kappa shape index (κ3) is 20.0. The lowest BCUT2D eigenvalue weighted by molar-refractivity contribution is -0.166. The fourth-order valence-electron chi connectivity index (χ4n) is 10.8. The lowest BCUT2D eigenvalue weighted by atomic mass is 9.85. The Hall–Kier alpha value is -2.43. The number of halogens is 1. The van der Waals surface area contributed by atoms with Crippen molar-refractivity contribution < 1.29 is 47.6 Å². The van der Waals surface area contributed by atoms with Gasteiger partial charge in [0.05, 0.1) is 41.3 Å². The van der Waals surface area contributed by atoms with E-state index in [2.05, 4.69) is 13.2 Å². The van der Waals surface area contributed by atoms with Crippen LogP contribution in [0.2, 0.25) is 0 Å². The first-order chi connectivity index (χ1) is 31.7. The van der Waals surface area contributed by atoms with E-state index in [9.17, 15) is 19.2 Å². The molecule has 0 N–H and O–H groups in total. The molecule has 370 valence electrons. The number of rotatable bonds is 28. The minimum Gasteiger partial charge on any atom is -0.462 e. The third-order valence-electron chi connectivity index (χ3n) is 15.1. The summed E-state index contributed by atoms with van der Waals surface area (Å²) in [6.45, 7) is 9.18. The summed E-state index contributed by atoms with van der Waals surface area (Å²) in [4.78, 5) is 52.8. The molecule has 10 nitrogen and oxygen atoms in total. The van der Waals surface area contributed by atoms with Crippen LogP contribution in [0.5, 0.6) is 0 Å². The molecular weight excluding hydrogens is 844 g/mol. The van der Waals surface area contributed by atoms with Crippen LogP contribution in [-0.4, -0.2) is 79.1 Å². The van der Waals surface area contributed by atoms with Crippen molar-refractivity contribution in [2.24, 2.45) is 23.7 Å². The first kappa shape index (κ1) is 53.5. The number of hydrogen-bond donors (Lipinski definition) is 0. The molecule has 0 bridgehead atoms. The monoisotopic (exact) mass is 931 g/mol. The summed E-state index contributed by atoms with van der Waals surface area (Å²) in [7, 11) is 0. The Labute approximate surface area is 397 Å². The molecule has 11 heteroatoms. The number of ether oxygens (including phenoxy) is 6. The third-order valence-corrected chi connectivity index (χ3v) is 15.6. The van der Waals surface area contributed by atoms with Crippen LogP contribution >= 0.6 is 11.6 Å². The first-order valence-electron chi connectivity index (χ1n) is 26.6. The summed E-state index contributed by atoms with van der Waals surface area (Å²) < 4.78 is 36.2. The van der Waals surface area contributed by atoms with Crippen LogP contribution in [0.15, 0.2) is 25.3 Å². The molecule has 0 saturated heterocycles. The molecule has 3 atom stereocenters. The molecule has 3 unspecified atom stereocenters. The zero-order chi connectivity index (χ0) is 46.1. The van der Waals surface area contributed by atoms with Gasteiger partial charge in [0.2, 0.25) is 0 Å². The van der Waals surface area contributed by atoms with Gasteiger partial charge in [-0.1, -0.05) is 63.5 Å². The summed E-state index contributed by atoms with van der Waals surface area (Å²) in [5.74, 6) is -1.32. The van der Waals surface area contributed by atoms with Crippen LogP contribution in [0.1, 0.15) is 212 Å². The van der Waals surface area contributed by atoms with E-state index in [1.807, 2.05) is 12.2 Å². The van der Waals surface area contributed by atoms with Crippen molar-refractivity contribution >= 4 is 35.5 Å². The maximum absolute atomic E-state index is 13.3. The molecular formula is C54H87ClO10. The Kier molecular flexibility index (Phi) is 25.4. The van der Waals surface area contributed by atoms with Crippen molar-refractivity contribution in [3.8, 4) is 0 Å². The fourth-order valence-corrected chi connectivity index (χ4v) is 11.1. The van der Waals surface area contributed by atoms with Gasteiger partial charge in [-0.25, -0.2) is 0 Å². The Morgan fingerprint density at radius 3 is 1.08 bits per heavy atom. The molecule has 0 aliphatic heterocycles. The standard InChI is InChI=1S/C54H87ClO10/c1-3-5-7-9-11-13-15-17-37-60-44-27-19-40(20-28-44)51(56)62-46-31-23-42(24-32-46)53(58)64-48-35-36-49(55)50(39-48)65-54(59)43-25-33-47(34-26-43)63-52(57)41-21-29-45(30-22-41)61-38-18-16-14-12-10-8-6-4-2/h3-4,40-50H,1-2,5-39H2. The number of hydrogen-bond acceptors (Lipinski definition) is 10. The van der Waals surface area contributed by atoms with E-state index < -0.39 is 6.10 Å². The second kappa shape index (κ2) is 30.8. The van der Waals surface area contributed by atoms with E-state index in [4.69, 9.17) is 40.0 Å². The molecule has 5 aliphatic carbocycles. The predicted octanol–water partition coefficient (Wildman–Crippen LogP) is 12.8. The van der Waals surface area contributed by atoms with Gasteiger partial charge in [0, 0.05) is 19.6 Å². The Bertz CT molecular complexity index is 1390. The summed E-state index contributed by atoms with van der Waals surface area (Å²) in [5, 5.41) is -0.334. The minimum atomic E-state index is -0.521. The van der Waals surface area contributed by atoms with Gasteiger partial charge >= 0.3 is 23.9 Å². The van der Waals surface area contributed by atoms with Crippen LogP contribution in [-0.2, 0) is 47.6 Å². The number of carbonyl (C=O) groups is 4. The van der Waals surface area contributed by atoms with E-state index >= 15 is 0 Å². The quantitative estimate of drug-likeness (QED) is 0.0246. The maximum atomic E-state index is 13.3. The second-order valence-corrected chi connectivity index (χ2v) is 20.8. The molecule has 5 aliphatic rings. The molecule has 0 radical (unpaired) electrons. The topological polar surface area (TPSA) is 124 Å². The van der Waals surface area contributed by atoms with E-state index in [1.54, 1.807) is 0 Å². The van der Waals surface area contributed by atoms with Crippen molar-refractivity contribution in [2.75, 3.05) is 13.2 Å². The van der Waals surface area contributed by atoms with Crippen molar-refractivity contribution in [1.29, 1.82) is 0 Å². The highest BCUT2D eigenvalue weighted by Gasteiger charge is 2.39. The highest BCUT2D eigenvalue weighted by molar-refractivity contribution is 6.21. The number of esters is 4. The van der Waals surface area contributed by atoms with Gasteiger partial charge < -0.3 is 28.4 Å². The van der Waals surface area contributed by atoms with Gasteiger partial charge in [-0.3, -0.25) is 19.2 Å². The Morgan fingerprint density at radius 1 is 0.385 bits per heavy atom. The lowest BCUT2D eigenvalue weighted by Gasteiger charge is -2.35. The van der Waals surface area contributed by atoms with Crippen molar-refractivity contribution in [1.82, 2.24) is 0 Å². The van der Waals surface area contributed by atoms with Crippen molar-refractivity contribution in [3.05, 3.63) is 25.3 Å². The zero-order valence-corrected chi connectivity index (χ0v) is 40.9. The summed E-state index contributed by atoms with van der Waals surface area (Å²) >= 11 is 6.68. The van der Waals surface area contributed by atoms with Crippen LogP contribution in [0.4, 0.5) is 0 Å². The first-order valence-corrected chi connectivity index (χ1v) is 27.1. The van der Waals surface area contributed by atoms with Crippen LogP contribution in [0.25, 0.3) is 0 Å². The largest absolute Gasteiger partial charge is 0.462 e. The van der Waals surface area contributed by atoms with E-state index in [1.165, 1.54) is 64.2 Å². The number of alkyl halides is 1. The van der Waals surface area contributed by atoms with Crippen molar-refractivity contribution in [2.45, 2.75) is 254 Å². The van der Waals surface area contributed by atoms with E-state index in [0.717, 1.165) is 90.3 Å². The normalized spacial score (nSPS) is 30.7. The smallest absolute Gasteiger partial charge is 0.309 e. The van der Waals surface area contributed by atoms with Gasteiger partial charge in [-0.05, 0) is 154 Å². The fraction of sp³-hybridized carbons (Fsp3) is 0.852. The second-order valence-electron chi connectivity index (χ2n) is 20.3. The molecule has 0 aromatic carbocycles. The van der Waals surface area contributed by atoms with Gasteiger partial charge in [-0.15, -0.1) is 24.8 Å². The highest BCUT2D eigenvalue weighted by Crippen LogP contribution is 2.36. The minimum absolute atomic E-state index is 0.0688. The molecule has 5 rings (SSSR count). The van der Waals surface area contributed by atoms with Crippen LogP contribution in [0.3, 0.4) is 0 Å². The summed E-state index contributed by atoms with van der Waals surface area (Å²) in [6.07, 6.45) is 33.8. The predicted molar refractivity (Wildman–Crippen MR) is 255 cm³/mol. The van der Waals surface area contributed by atoms with E-state index in [0.29, 0.717) is 70.6 Å². The Balaban J connectivity index is 0.883. The van der Waals surface area contributed by atoms with E-state index in [-0.39, 0.29) is 83.4 Å². The maximum Gasteiger partial charge on any atom is 0.309 e. The van der Waals surface area contributed by atoms with Crippen LogP contribution in [0, 0.1) is 23.7 Å². The van der Waals surface area contributed by atoms with Crippen LogP contribution < -0.4 is 0 Å². The molecule has 0 spiro atoms. The molecule has 0 heterocycles. The SMILES string of the molecule is C=CCCCCCCCCOC1CCC(C(=O)OC2CCC(C(=O)OC3CCC(Cl)C(OC(=O)C4CCC(OC(=O)C5CCC(OCCCCCCCCC=C)CC5)CC4)C3)CC2)CC1. The molecule has 65 heavy (non-hydrogen) atoms. The van der Waals surface area contributed by atoms with Crippen molar-refractivity contribution in [3.63, 3.8) is 0 Å². The molecule has 0 aromatic heterocycles. The van der Waals surface area contributed by atoms with Gasteiger partial charge in [0.25, 0.3) is 0 Å². The number of unbranched alkanes of at least 4 members (excludes halogenated alkanes) is 12. The molecule has 0 amide bonds. The molecule has 5 saturated carbocycles. The van der Waals surface area contributed by atoms with Gasteiger partial charge in [0.15, 0.2) is 0 Å².